The van der Waals surface area contributed by atoms with Crippen molar-refractivity contribution in [2.45, 2.75) is 58.4 Å². The summed E-state index contributed by atoms with van der Waals surface area (Å²) in [5.41, 5.74) is 2.18. The van der Waals surface area contributed by atoms with Gasteiger partial charge in [-0.15, -0.1) is 0 Å². The van der Waals surface area contributed by atoms with Crippen LogP contribution in [0.15, 0.2) is 40.5 Å². The minimum Gasteiger partial charge on any atom is -0.494 e. The summed E-state index contributed by atoms with van der Waals surface area (Å²) in [4.78, 5) is 22.2. The second kappa shape index (κ2) is 12.4. The van der Waals surface area contributed by atoms with Crippen LogP contribution < -0.4 is 4.74 Å². The topological polar surface area (TPSA) is 63.6 Å². The zero-order valence-corrected chi connectivity index (χ0v) is 20.8. The number of piperidine rings is 1. The molecule has 3 aliphatic heterocycles. The Labute approximate surface area is 203 Å². The fourth-order valence-electron chi connectivity index (χ4n) is 4.93. The molecule has 1 atom stereocenters. The van der Waals surface area contributed by atoms with E-state index in [4.69, 9.17) is 19.2 Å². The molecule has 3 aliphatic rings. The van der Waals surface area contributed by atoms with Gasteiger partial charge in [-0.05, 0) is 89.9 Å². The Morgan fingerprint density at radius 2 is 1.91 bits per heavy atom. The Hall–Kier alpha value is -2.38. The fourth-order valence-corrected chi connectivity index (χ4v) is 4.93. The van der Waals surface area contributed by atoms with Crippen molar-refractivity contribution in [1.82, 2.24) is 9.80 Å². The zero-order chi connectivity index (χ0) is 23.8. The van der Waals surface area contributed by atoms with E-state index in [1.54, 1.807) is 0 Å². The second-order valence-corrected chi connectivity index (χ2v) is 9.44. The highest BCUT2D eigenvalue weighted by Gasteiger charge is 2.26. The largest absolute Gasteiger partial charge is 0.494 e. The summed E-state index contributed by atoms with van der Waals surface area (Å²) in [7, 11) is 0. The van der Waals surface area contributed by atoms with Crippen molar-refractivity contribution >= 4 is 11.9 Å². The smallest absolute Gasteiger partial charge is 0.339 e. The van der Waals surface area contributed by atoms with Crippen LogP contribution in [0.3, 0.4) is 0 Å². The van der Waals surface area contributed by atoms with Gasteiger partial charge in [-0.2, -0.15) is 0 Å². The standard InChI is InChI=1S/C27H39N3O4/c1-3-32-27(31)24-20-34-26(28-25(24)19-29-14-5-4-6-15-29)22-10-12-23(13-11-22)33-18-8-17-30-16-7-9-21(30)2/h10-13,21H,3-9,14-20H2,1-2H3. The third-order valence-electron chi connectivity index (χ3n) is 6.93. The predicted molar refractivity (Wildman–Crippen MR) is 133 cm³/mol. The molecule has 0 amide bonds. The first kappa shape index (κ1) is 24.7. The van der Waals surface area contributed by atoms with Crippen LogP contribution in [0.2, 0.25) is 0 Å². The third-order valence-corrected chi connectivity index (χ3v) is 6.93. The number of nitrogens with zero attached hydrogens (tertiary/aromatic N) is 3. The molecule has 2 fully saturated rings. The Morgan fingerprint density at radius 1 is 1.12 bits per heavy atom. The average Bonchev–Trinajstić information content (AvgIpc) is 3.27. The first-order valence-corrected chi connectivity index (χ1v) is 12.9. The summed E-state index contributed by atoms with van der Waals surface area (Å²) in [6.45, 7) is 10.4. The number of aliphatic imine (C=N–C) groups is 1. The van der Waals surface area contributed by atoms with E-state index < -0.39 is 0 Å². The molecule has 0 spiro atoms. The summed E-state index contributed by atoms with van der Waals surface area (Å²) < 4.78 is 17.1. The first-order valence-electron chi connectivity index (χ1n) is 12.9. The van der Waals surface area contributed by atoms with Crippen LogP contribution in [0.5, 0.6) is 5.75 Å². The number of esters is 1. The number of carbonyl (C=O) groups excluding carboxylic acids is 1. The van der Waals surface area contributed by atoms with E-state index in [9.17, 15) is 4.79 Å². The second-order valence-electron chi connectivity index (χ2n) is 9.44. The van der Waals surface area contributed by atoms with Crippen LogP contribution in [-0.2, 0) is 14.3 Å². The minimum atomic E-state index is -0.329. The van der Waals surface area contributed by atoms with E-state index in [0.29, 0.717) is 37.3 Å². The lowest BCUT2D eigenvalue weighted by Gasteiger charge is -2.28. The first-order chi connectivity index (χ1) is 16.6. The fraction of sp³-hybridized carbons (Fsp3) is 0.630. The molecular weight excluding hydrogens is 430 g/mol. The molecular formula is C27H39N3O4. The number of likely N-dealkylation sites (tertiary alicyclic amines) is 2. The predicted octanol–water partition coefficient (Wildman–Crippen LogP) is 4.02. The quantitative estimate of drug-likeness (QED) is 0.381. The third kappa shape index (κ3) is 6.60. The summed E-state index contributed by atoms with van der Waals surface area (Å²) in [6, 6.07) is 8.59. The minimum absolute atomic E-state index is 0.189. The molecule has 1 aromatic carbocycles. The van der Waals surface area contributed by atoms with Crippen LogP contribution in [-0.4, -0.2) is 80.3 Å². The maximum absolute atomic E-state index is 12.5. The molecule has 7 nitrogen and oxygen atoms in total. The van der Waals surface area contributed by atoms with Crippen molar-refractivity contribution in [1.29, 1.82) is 0 Å². The molecule has 2 saturated heterocycles. The van der Waals surface area contributed by atoms with Gasteiger partial charge in [0.1, 0.15) is 12.4 Å². The van der Waals surface area contributed by atoms with Gasteiger partial charge in [0.2, 0.25) is 5.90 Å². The van der Waals surface area contributed by atoms with Crippen LogP contribution in [0.25, 0.3) is 0 Å². The molecule has 0 radical (unpaired) electrons. The van der Waals surface area contributed by atoms with Crippen molar-refractivity contribution in [3.63, 3.8) is 0 Å². The van der Waals surface area contributed by atoms with Crippen molar-refractivity contribution in [2.75, 3.05) is 52.5 Å². The van der Waals surface area contributed by atoms with Crippen molar-refractivity contribution in [2.24, 2.45) is 4.99 Å². The molecule has 0 saturated carbocycles. The lowest BCUT2D eigenvalue weighted by Crippen LogP contribution is -2.34. The van der Waals surface area contributed by atoms with Crippen molar-refractivity contribution in [3.8, 4) is 5.75 Å². The molecule has 0 aromatic heterocycles. The summed E-state index contributed by atoms with van der Waals surface area (Å²) in [6.07, 6.45) is 7.30. The van der Waals surface area contributed by atoms with Gasteiger partial charge < -0.3 is 19.1 Å². The average molecular weight is 470 g/mol. The normalized spacial score (nSPS) is 21.8. The van der Waals surface area contributed by atoms with Crippen LogP contribution in [0.4, 0.5) is 0 Å². The summed E-state index contributed by atoms with van der Waals surface area (Å²) in [5.74, 6) is 1.07. The Morgan fingerprint density at radius 3 is 2.62 bits per heavy atom. The molecule has 7 heteroatoms. The van der Waals surface area contributed by atoms with Gasteiger partial charge in [0.05, 0.1) is 24.5 Å². The lowest BCUT2D eigenvalue weighted by atomic mass is 10.1. The maximum atomic E-state index is 12.5. The van der Waals surface area contributed by atoms with Gasteiger partial charge >= 0.3 is 5.97 Å². The molecule has 1 aromatic rings. The van der Waals surface area contributed by atoms with Crippen LogP contribution >= 0.6 is 0 Å². The molecule has 3 heterocycles. The number of rotatable bonds is 10. The summed E-state index contributed by atoms with van der Waals surface area (Å²) >= 11 is 0. The van der Waals surface area contributed by atoms with E-state index in [-0.39, 0.29) is 12.6 Å². The highest BCUT2D eigenvalue weighted by Crippen LogP contribution is 2.23. The van der Waals surface area contributed by atoms with Crippen molar-refractivity contribution in [3.05, 3.63) is 41.1 Å². The van der Waals surface area contributed by atoms with Gasteiger partial charge in [0.25, 0.3) is 0 Å². The molecule has 34 heavy (non-hydrogen) atoms. The molecule has 0 aliphatic carbocycles. The number of hydrogen-bond acceptors (Lipinski definition) is 7. The highest BCUT2D eigenvalue weighted by molar-refractivity contribution is 5.98. The Kier molecular flexibility index (Phi) is 8.99. The van der Waals surface area contributed by atoms with Crippen LogP contribution in [0.1, 0.15) is 57.9 Å². The van der Waals surface area contributed by atoms with Gasteiger partial charge in [-0.25, -0.2) is 9.79 Å². The molecule has 1 unspecified atom stereocenters. The molecule has 0 N–H and O–H groups in total. The van der Waals surface area contributed by atoms with Crippen molar-refractivity contribution < 1.29 is 19.0 Å². The number of hydrogen-bond donors (Lipinski definition) is 0. The molecule has 0 bridgehead atoms. The molecule has 4 rings (SSSR count). The van der Waals surface area contributed by atoms with Gasteiger partial charge in [-0.1, -0.05) is 6.42 Å². The van der Waals surface area contributed by atoms with E-state index in [1.807, 2.05) is 31.2 Å². The maximum Gasteiger partial charge on any atom is 0.339 e. The number of ether oxygens (including phenoxy) is 3. The Balaban J connectivity index is 1.37. The molecule has 186 valence electrons. The van der Waals surface area contributed by atoms with E-state index in [1.165, 1.54) is 38.6 Å². The van der Waals surface area contributed by atoms with E-state index in [0.717, 1.165) is 43.1 Å². The SMILES string of the molecule is CCOC(=O)C1=C(CN2CCCCC2)N=C(c2ccc(OCCCN3CCCC3C)cc2)OC1. The summed E-state index contributed by atoms with van der Waals surface area (Å²) in [5, 5.41) is 0. The zero-order valence-electron chi connectivity index (χ0n) is 20.8. The van der Waals surface area contributed by atoms with Gasteiger partial charge in [-0.3, -0.25) is 4.90 Å². The van der Waals surface area contributed by atoms with E-state index >= 15 is 0 Å². The van der Waals surface area contributed by atoms with Crippen LogP contribution in [0, 0.1) is 0 Å². The monoisotopic (exact) mass is 469 g/mol. The van der Waals surface area contributed by atoms with Gasteiger partial charge in [0, 0.05) is 24.7 Å². The van der Waals surface area contributed by atoms with Gasteiger partial charge in [0.15, 0.2) is 0 Å². The Bertz CT molecular complexity index is 874. The van der Waals surface area contributed by atoms with E-state index in [2.05, 4.69) is 16.7 Å². The number of carbonyl (C=O) groups is 1. The lowest BCUT2D eigenvalue weighted by molar-refractivity contribution is -0.139. The highest BCUT2D eigenvalue weighted by atomic mass is 16.5. The number of benzene rings is 1.